The first-order valence-electron chi connectivity index (χ1n) is 7.72. The molecule has 0 unspecified atom stereocenters. The molecule has 0 aliphatic heterocycles. The fourth-order valence-electron chi connectivity index (χ4n) is 3.24. The Morgan fingerprint density at radius 3 is 2.11 bits per heavy atom. The van der Waals surface area contributed by atoms with Crippen molar-refractivity contribution in [1.29, 1.82) is 0 Å². The fourth-order valence-corrected chi connectivity index (χ4v) is 3.24. The van der Waals surface area contributed by atoms with E-state index in [0.717, 1.165) is 30.3 Å². The van der Waals surface area contributed by atoms with Crippen LogP contribution in [0.15, 0.2) is 39.1 Å². The van der Waals surface area contributed by atoms with Crippen LogP contribution in [0.5, 0.6) is 11.5 Å². The number of aromatic hydroxyl groups is 2. The van der Waals surface area contributed by atoms with E-state index in [0.29, 0.717) is 0 Å². The number of phenolic OH excluding ortho intramolecular Hbond substituents is 2. The van der Waals surface area contributed by atoms with Crippen LogP contribution in [0.3, 0.4) is 0 Å². The molecule has 5 N–H and O–H groups in total. The molecule has 1 aromatic carbocycles. The van der Waals surface area contributed by atoms with Crippen LogP contribution >= 0.6 is 0 Å². The Balaban J connectivity index is 2.37. The maximum absolute atomic E-state index is 11.9. The van der Waals surface area contributed by atoms with Gasteiger partial charge in [-0.05, 0) is 41.0 Å². The summed E-state index contributed by atoms with van der Waals surface area (Å²) >= 11 is 0. The Hall–Kier alpha value is -4.08. The molecule has 1 aliphatic rings. The molecule has 1 aromatic heterocycles. The molecule has 0 radical (unpaired) electrons. The molecule has 1 aliphatic carbocycles. The van der Waals surface area contributed by atoms with Crippen LogP contribution in [0.4, 0.5) is 0 Å². The first-order chi connectivity index (χ1) is 13.1. The van der Waals surface area contributed by atoms with E-state index in [2.05, 4.69) is 4.42 Å². The Morgan fingerprint density at radius 2 is 1.54 bits per heavy atom. The summed E-state index contributed by atoms with van der Waals surface area (Å²) in [5, 5.41) is 47.7. The third-order valence-corrected chi connectivity index (χ3v) is 4.37. The predicted octanol–water partition coefficient (Wildman–Crippen LogP) is 1.06. The zero-order chi connectivity index (χ0) is 20.7. The average Bonchev–Trinajstić information content (AvgIpc) is 2.60. The number of hydrogen-bond acceptors (Lipinski definition) is 7. The van der Waals surface area contributed by atoms with E-state index >= 15 is 0 Å². The molecule has 10 nitrogen and oxygen atoms in total. The summed E-state index contributed by atoms with van der Waals surface area (Å²) in [6.45, 7) is 0. The van der Waals surface area contributed by atoms with Gasteiger partial charge in [0.15, 0.2) is 11.5 Å². The Kier molecular flexibility index (Phi) is 4.39. The molecule has 0 saturated heterocycles. The average molecular weight is 388 g/mol. The van der Waals surface area contributed by atoms with Gasteiger partial charge in [-0.2, -0.15) is 0 Å². The van der Waals surface area contributed by atoms with Gasteiger partial charge in [-0.1, -0.05) is 0 Å². The summed E-state index contributed by atoms with van der Waals surface area (Å²) in [6, 6.07) is 3.85. The molecule has 1 heterocycles. The highest BCUT2D eigenvalue weighted by atomic mass is 16.4. The van der Waals surface area contributed by atoms with Crippen LogP contribution in [0.2, 0.25) is 0 Å². The minimum Gasteiger partial charge on any atom is -0.504 e. The van der Waals surface area contributed by atoms with E-state index in [4.69, 9.17) is 5.11 Å². The topological polar surface area (TPSA) is 183 Å². The van der Waals surface area contributed by atoms with Gasteiger partial charge in [0, 0.05) is 12.0 Å². The van der Waals surface area contributed by atoms with Crippen molar-refractivity contribution in [2.45, 2.75) is 5.92 Å². The monoisotopic (exact) mass is 388 g/mol. The number of hydrogen-bond donors (Lipinski definition) is 5. The van der Waals surface area contributed by atoms with Crippen LogP contribution in [0.1, 0.15) is 33.2 Å². The third kappa shape index (κ3) is 3.07. The summed E-state index contributed by atoms with van der Waals surface area (Å²) in [5.74, 6) is -9.62. The van der Waals surface area contributed by atoms with Crippen molar-refractivity contribution >= 4 is 24.0 Å². The molecule has 2 aromatic rings. The lowest BCUT2D eigenvalue weighted by atomic mass is 9.71. The van der Waals surface area contributed by atoms with E-state index < -0.39 is 58.2 Å². The van der Waals surface area contributed by atoms with Crippen LogP contribution in [0, 0.1) is 5.92 Å². The molecule has 144 valence electrons. The SMILES string of the molecule is O=C(O)C1=Cc2cc(O)c(O)cc2[C@@H](c2cc(C(=O)O)oc(=O)c2)[C@@H]1C(=O)O. The Bertz CT molecular complexity index is 1110. The van der Waals surface area contributed by atoms with E-state index in [1.165, 1.54) is 0 Å². The molecular weight excluding hydrogens is 376 g/mol. The van der Waals surface area contributed by atoms with Crippen molar-refractivity contribution in [2.24, 2.45) is 5.92 Å². The van der Waals surface area contributed by atoms with Crippen LogP contribution in [-0.2, 0) is 9.59 Å². The van der Waals surface area contributed by atoms with Gasteiger partial charge in [0.05, 0.1) is 11.5 Å². The predicted molar refractivity (Wildman–Crippen MR) is 90.3 cm³/mol. The van der Waals surface area contributed by atoms with E-state index in [-0.39, 0.29) is 16.7 Å². The number of rotatable bonds is 4. The van der Waals surface area contributed by atoms with Gasteiger partial charge >= 0.3 is 23.5 Å². The number of carbonyl (C=O) groups is 3. The number of phenols is 2. The Morgan fingerprint density at radius 1 is 0.893 bits per heavy atom. The Labute approximate surface area is 155 Å². The lowest BCUT2D eigenvalue weighted by Crippen LogP contribution is -2.31. The maximum Gasteiger partial charge on any atom is 0.371 e. The molecule has 3 rings (SSSR count). The van der Waals surface area contributed by atoms with Crippen LogP contribution in [-0.4, -0.2) is 43.4 Å². The van der Waals surface area contributed by atoms with E-state index in [9.17, 15) is 39.6 Å². The maximum atomic E-state index is 11.9. The fraction of sp³-hybridized carbons (Fsp3) is 0.111. The summed E-state index contributed by atoms with van der Waals surface area (Å²) in [5.41, 5.74) is -1.55. The summed E-state index contributed by atoms with van der Waals surface area (Å²) in [6.07, 6.45) is 1.04. The van der Waals surface area contributed by atoms with Gasteiger partial charge in [-0.25, -0.2) is 14.4 Å². The molecule has 0 bridgehead atoms. The van der Waals surface area contributed by atoms with Crippen molar-refractivity contribution in [3.05, 3.63) is 62.7 Å². The zero-order valence-corrected chi connectivity index (χ0v) is 13.8. The standard InChI is InChI=1S/C18H12O10/c19-10-2-6-1-9(16(22)23)15(18(26)27)14(8(6)5-11(10)20)7-3-12(17(24)25)28-13(21)4-7/h1-5,14-15,19-20H,(H,22,23)(H,24,25)(H,26,27)/t14-,15-/m1/s1. The van der Waals surface area contributed by atoms with Crippen LogP contribution in [0.25, 0.3) is 6.08 Å². The van der Waals surface area contributed by atoms with Gasteiger partial charge in [-0.15, -0.1) is 0 Å². The number of carboxylic acid groups (broad SMARTS) is 3. The van der Waals surface area contributed by atoms with E-state index in [1.807, 2.05) is 0 Å². The highest BCUT2D eigenvalue weighted by molar-refractivity contribution is 6.01. The van der Waals surface area contributed by atoms with Crippen molar-refractivity contribution in [3.63, 3.8) is 0 Å². The normalized spacial score (nSPS) is 18.1. The lowest BCUT2D eigenvalue weighted by Gasteiger charge is -2.30. The number of aromatic carboxylic acids is 1. The molecule has 28 heavy (non-hydrogen) atoms. The second-order valence-electron chi connectivity index (χ2n) is 6.05. The smallest absolute Gasteiger partial charge is 0.371 e. The van der Waals surface area contributed by atoms with Gasteiger partial charge in [0.1, 0.15) is 0 Å². The number of carboxylic acids is 3. The molecular formula is C18H12O10. The minimum absolute atomic E-state index is 0.0923. The number of benzene rings is 1. The van der Waals surface area contributed by atoms with Gasteiger partial charge in [0.25, 0.3) is 0 Å². The number of fused-ring (bicyclic) bond motifs is 1. The summed E-state index contributed by atoms with van der Waals surface area (Å²) in [7, 11) is 0. The summed E-state index contributed by atoms with van der Waals surface area (Å²) < 4.78 is 4.55. The zero-order valence-electron chi connectivity index (χ0n) is 13.8. The highest BCUT2D eigenvalue weighted by Gasteiger charge is 2.41. The largest absolute Gasteiger partial charge is 0.504 e. The van der Waals surface area contributed by atoms with Gasteiger partial charge in [-0.3, -0.25) is 4.79 Å². The van der Waals surface area contributed by atoms with Crippen molar-refractivity contribution in [3.8, 4) is 11.5 Å². The molecule has 0 spiro atoms. The first kappa shape index (κ1) is 18.7. The molecule has 2 atom stereocenters. The van der Waals surface area contributed by atoms with E-state index in [1.54, 1.807) is 0 Å². The first-order valence-corrected chi connectivity index (χ1v) is 7.72. The minimum atomic E-state index is -1.70. The third-order valence-electron chi connectivity index (χ3n) is 4.37. The van der Waals surface area contributed by atoms with Crippen molar-refractivity contribution < 1.29 is 44.3 Å². The number of aliphatic carboxylic acids is 2. The molecule has 10 heteroatoms. The van der Waals surface area contributed by atoms with Crippen molar-refractivity contribution in [2.75, 3.05) is 0 Å². The summed E-state index contributed by atoms with van der Waals surface area (Å²) in [4.78, 5) is 46.5. The van der Waals surface area contributed by atoms with Crippen molar-refractivity contribution in [1.82, 2.24) is 0 Å². The molecule has 0 amide bonds. The lowest BCUT2D eigenvalue weighted by molar-refractivity contribution is -0.144. The van der Waals surface area contributed by atoms with Gasteiger partial charge < -0.3 is 29.9 Å². The second kappa shape index (κ2) is 6.58. The van der Waals surface area contributed by atoms with Crippen LogP contribution < -0.4 is 5.63 Å². The quantitative estimate of drug-likeness (QED) is 0.475. The molecule has 0 saturated carbocycles. The van der Waals surface area contributed by atoms with Gasteiger partial charge in [0.2, 0.25) is 5.76 Å². The second-order valence-corrected chi connectivity index (χ2v) is 6.05. The highest BCUT2D eigenvalue weighted by Crippen LogP contribution is 2.46. The molecule has 0 fully saturated rings.